The third-order valence-corrected chi connectivity index (χ3v) is 4.94. The third kappa shape index (κ3) is 5.16. The molecular weight excluding hydrogens is 461 g/mol. The first-order valence-electron chi connectivity index (χ1n) is 9.52. The maximum absolute atomic E-state index is 13.7. The lowest BCUT2D eigenvalue weighted by Crippen LogP contribution is -2.42. The predicted molar refractivity (Wildman–Crippen MR) is 114 cm³/mol. The number of carbonyl (C=O) groups excluding carboxylic acids is 1. The molecule has 0 radical (unpaired) electrons. The van der Waals surface area contributed by atoms with Gasteiger partial charge in [0.1, 0.15) is 5.60 Å². The van der Waals surface area contributed by atoms with Crippen molar-refractivity contribution in [2.24, 2.45) is 0 Å². The first kappa shape index (κ1) is 24.2. The molecule has 0 amide bonds. The maximum Gasteiger partial charge on any atom is 0.358 e. The summed E-state index contributed by atoms with van der Waals surface area (Å²) in [5.74, 6) is -5.29. The van der Waals surface area contributed by atoms with Gasteiger partial charge >= 0.3 is 17.3 Å². The number of ether oxygens (including phenoxy) is 1. The Hall–Kier alpha value is -3.41. The van der Waals surface area contributed by atoms with E-state index in [2.05, 4.69) is 9.97 Å². The van der Waals surface area contributed by atoms with Crippen molar-refractivity contribution in [1.29, 1.82) is 0 Å². The van der Waals surface area contributed by atoms with Crippen LogP contribution in [0, 0.1) is 17.5 Å². The molecule has 0 aliphatic rings. The third-order valence-electron chi connectivity index (χ3n) is 4.26. The highest BCUT2D eigenvalue weighted by Crippen LogP contribution is 2.18. The lowest BCUT2D eigenvalue weighted by molar-refractivity contribution is 0.00693. The lowest BCUT2D eigenvalue weighted by atomic mass is 10.1. The van der Waals surface area contributed by atoms with Crippen LogP contribution >= 0.6 is 11.8 Å². The number of thioether (sulfide) groups is 1. The first-order chi connectivity index (χ1) is 15.4. The minimum Gasteiger partial charge on any atom is -0.456 e. The van der Waals surface area contributed by atoms with E-state index in [-0.39, 0.29) is 22.0 Å². The largest absolute Gasteiger partial charge is 0.456 e. The number of hydrogen-bond donors (Lipinski definition) is 0. The molecule has 0 saturated heterocycles. The molecule has 12 heteroatoms. The van der Waals surface area contributed by atoms with Gasteiger partial charge in [-0.1, -0.05) is 11.8 Å². The van der Waals surface area contributed by atoms with Gasteiger partial charge in [0.05, 0.1) is 24.0 Å². The van der Waals surface area contributed by atoms with E-state index in [0.717, 1.165) is 34.7 Å². The Balaban J connectivity index is 2.20. The summed E-state index contributed by atoms with van der Waals surface area (Å²) < 4.78 is 47.6. The summed E-state index contributed by atoms with van der Waals surface area (Å²) in [6.07, 6.45) is 3.97. The Bertz CT molecular complexity index is 1330. The number of aromatic nitrogens is 4. The van der Waals surface area contributed by atoms with Gasteiger partial charge in [0.25, 0.3) is 0 Å². The van der Waals surface area contributed by atoms with Crippen molar-refractivity contribution in [3.05, 3.63) is 80.1 Å². The van der Waals surface area contributed by atoms with Crippen LogP contribution in [0.25, 0.3) is 5.69 Å². The van der Waals surface area contributed by atoms with E-state index in [0.29, 0.717) is 4.57 Å². The van der Waals surface area contributed by atoms with Gasteiger partial charge in [-0.2, -0.15) is 4.98 Å². The number of halogens is 3. The summed E-state index contributed by atoms with van der Waals surface area (Å²) in [7, 11) is 0. The van der Waals surface area contributed by atoms with E-state index in [1.807, 2.05) is 0 Å². The Labute approximate surface area is 190 Å². The van der Waals surface area contributed by atoms with Crippen molar-refractivity contribution in [3.63, 3.8) is 0 Å². The van der Waals surface area contributed by atoms with Crippen molar-refractivity contribution in [2.75, 3.05) is 6.26 Å². The summed E-state index contributed by atoms with van der Waals surface area (Å²) in [5, 5.41) is -0.0471. The fourth-order valence-corrected chi connectivity index (χ4v) is 3.46. The number of hydrogen-bond acceptors (Lipinski definition) is 7. The first-order valence-corrected chi connectivity index (χ1v) is 10.7. The van der Waals surface area contributed by atoms with Crippen LogP contribution < -0.4 is 11.4 Å². The average molecular weight is 480 g/mol. The van der Waals surface area contributed by atoms with Gasteiger partial charge in [0, 0.05) is 6.20 Å². The van der Waals surface area contributed by atoms with Crippen LogP contribution in [0.5, 0.6) is 0 Å². The Kier molecular flexibility index (Phi) is 6.77. The molecule has 174 valence electrons. The van der Waals surface area contributed by atoms with E-state index >= 15 is 0 Å². The van der Waals surface area contributed by atoms with Gasteiger partial charge in [-0.3, -0.25) is 9.55 Å². The monoisotopic (exact) mass is 480 g/mol. The van der Waals surface area contributed by atoms with Crippen LogP contribution in [-0.4, -0.2) is 36.9 Å². The Morgan fingerprint density at radius 1 is 1.15 bits per heavy atom. The average Bonchev–Trinajstić information content (AvgIpc) is 2.72. The number of nitrogens with zero attached hydrogens (tertiary/aromatic N) is 4. The van der Waals surface area contributed by atoms with E-state index in [4.69, 9.17) is 4.74 Å². The molecule has 0 saturated carbocycles. The van der Waals surface area contributed by atoms with Gasteiger partial charge in [0.15, 0.2) is 22.6 Å². The zero-order chi connectivity index (χ0) is 24.5. The molecule has 3 rings (SSSR count). The molecule has 0 bridgehead atoms. The molecule has 8 nitrogen and oxygen atoms in total. The highest BCUT2D eigenvalue weighted by Gasteiger charge is 2.24. The molecule has 2 aromatic heterocycles. The van der Waals surface area contributed by atoms with Crippen LogP contribution in [0.4, 0.5) is 13.2 Å². The zero-order valence-electron chi connectivity index (χ0n) is 18.1. The van der Waals surface area contributed by atoms with Gasteiger partial charge < -0.3 is 4.74 Å². The number of carbonyl (C=O) groups is 1. The number of rotatable bonds is 5. The molecule has 0 aliphatic heterocycles. The number of esters is 1. The summed E-state index contributed by atoms with van der Waals surface area (Å²) in [5.41, 5.74) is -3.14. The minimum absolute atomic E-state index is 0.0471. The molecule has 0 spiro atoms. The molecule has 2 heterocycles. The fourth-order valence-electron chi connectivity index (χ4n) is 2.93. The fraction of sp³-hybridized carbons (Fsp3) is 0.286. The van der Waals surface area contributed by atoms with Gasteiger partial charge in [-0.25, -0.2) is 32.1 Å². The molecule has 0 aliphatic carbocycles. The minimum atomic E-state index is -1.64. The highest BCUT2D eigenvalue weighted by atomic mass is 32.2. The second-order valence-electron chi connectivity index (χ2n) is 7.85. The number of pyridine rings is 1. The molecule has 0 atom stereocenters. The van der Waals surface area contributed by atoms with Crippen LogP contribution in [-0.2, 0) is 11.3 Å². The van der Waals surface area contributed by atoms with E-state index < -0.39 is 46.9 Å². The molecular formula is C21H19F3N4O4S. The number of benzene rings is 1. The molecule has 1 aromatic carbocycles. The van der Waals surface area contributed by atoms with Crippen molar-refractivity contribution in [3.8, 4) is 5.69 Å². The molecule has 33 heavy (non-hydrogen) atoms. The topological polar surface area (TPSA) is 96.1 Å². The zero-order valence-corrected chi connectivity index (χ0v) is 18.9. The summed E-state index contributed by atoms with van der Waals surface area (Å²) in [4.78, 5) is 46.4. The smallest absolute Gasteiger partial charge is 0.358 e. The highest BCUT2D eigenvalue weighted by molar-refractivity contribution is 7.98. The predicted octanol–water partition coefficient (Wildman–Crippen LogP) is 2.93. The van der Waals surface area contributed by atoms with E-state index in [9.17, 15) is 27.6 Å². The Morgan fingerprint density at radius 2 is 1.79 bits per heavy atom. The van der Waals surface area contributed by atoms with Gasteiger partial charge in [-0.05, 0) is 50.8 Å². The van der Waals surface area contributed by atoms with Gasteiger partial charge in [0.2, 0.25) is 0 Å². The quantitative estimate of drug-likeness (QED) is 0.315. The van der Waals surface area contributed by atoms with E-state index in [1.54, 1.807) is 27.0 Å². The molecule has 0 fully saturated rings. The van der Waals surface area contributed by atoms with Crippen LogP contribution in [0.2, 0.25) is 0 Å². The molecule has 3 aromatic rings. The Morgan fingerprint density at radius 3 is 2.36 bits per heavy atom. The van der Waals surface area contributed by atoms with Crippen molar-refractivity contribution >= 4 is 17.7 Å². The van der Waals surface area contributed by atoms with Crippen molar-refractivity contribution < 1.29 is 22.7 Å². The maximum atomic E-state index is 13.7. The van der Waals surface area contributed by atoms with Crippen molar-refractivity contribution in [2.45, 2.75) is 38.1 Å². The van der Waals surface area contributed by atoms with Crippen LogP contribution in [0.3, 0.4) is 0 Å². The van der Waals surface area contributed by atoms with Gasteiger partial charge in [-0.15, -0.1) is 0 Å². The second kappa shape index (κ2) is 9.22. The molecule has 0 N–H and O–H groups in total. The second-order valence-corrected chi connectivity index (χ2v) is 8.63. The lowest BCUT2D eigenvalue weighted by Gasteiger charge is -2.20. The normalized spacial score (nSPS) is 11.5. The summed E-state index contributed by atoms with van der Waals surface area (Å²) in [6.45, 7) is 4.54. The van der Waals surface area contributed by atoms with E-state index in [1.165, 1.54) is 12.3 Å². The SMILES string of the molecule is CSc1nc(=O)n(-c2cnccc2C(=O)OC(C)(C)C)c(=O)n1Cc1cc(F)c(F)c(F)c1. The standard InChI is InChI=1S/C21H19F3N4O4S/c1-21(2,3)32-17(29)12-5-6-25-9-15(12)28-18(30)26-19(33-4)27(20(28)31)10-11-7-13(22)16(24)14(23)8-11/h5-9H,10H2,1-4H3. The summed E-state index contributed by atoms with van der Waals surface area (Å²) in [6, 6.07) is 2.76. The van der Waals surface area contributed by atoms with Crippen LogP contribution in [0.15, 0.2) is 45.3 Å². The summed E-state index contributed by atoms with van der Waals surface area (Å²) >= 11 is 0.947. The van der Waals surface area contributed by atoms with Crippen molar-refractivity contribution in [1.82, 2.24) is 19.1 Å². The van der Waals surface area contributed by atoms with Crippen LogP contribution in [0.1, 0.15) is 36.7 Å². The molecule has 0 unspecified atom stereocenters.